The number of benzene rings is 1. The third kappa shape index (κ3) is 3.30. The van der Waals surface area contributed by atoms with Gasteiger partial charge in [0.2, 0.25) is 0 Å². The number of para-hydroxylation sites is 1. The first-order valence-corrected chi connectivity index (χ1v) is 6.88. The average molecular weight is 336 g/mol. The number of carbonyl (C=O) groups is 1. The van der Waals surface area contributed by atoms with Gasteiger partial charge in [-0.2, -0.15) is 13.2 Å². The maximum atomic E-state index is 12.9. The van der Waals surface area contributed by atoms with Gasteiger partial charge in [0, 0.05) is 26.2 Å². The highest BCUT2D eigenvalue weighted by Crippen LogP contribution is 2.35. The first kappa shape index (κ1) is 16.9. The fraction of sp³-hybridized carbons (Fsp3) is 0.500. The molecule has 0 radical (unpaired) electrons. The maximum absolute atomic E-state index is 12.9. The molecule has 2 N–H and O–H groups in total. The molecule has 3 rings (SSSR count). The van der Waals surface area contributed by atoms with E-state index in [4.69, 9.17) is 0 Å². The zero-order valence-corrected chi connectivity index (χ0v) is 12.5. The summed E-state index contributed by atoms with van der Waals surface area (Å²) in [5.74, 6) is 0.821. The molecular weight excluding hydrogens is 319 g/mol. The van der Waals surface area contributed by atoms with Crippen LogP contribution in [0.5, 0.6) is 0 Å². The lowest BCUT2D eigenvalue weighted by Crippen LogP contribution is -2.35. The van der Waals surface area contributed by atoms with E-state index in [9.17, 15) is 18.0 Å². The normalized spacial score (nSPS) is 23.9. The van der Waals surface area contributed by atoms with Crippen LogP contribution >= 0.6 is 12.4 Å². The topological polar surface area (TPSA) is 44.4 Å². The molecule has 0 aliphatic carbocycles. The lowest BCUT2D eigenvalue weighted by molar-refractivity contribution is -0.136. The molecule has 122 valence electrons. The number of carbonyl (C=O) groups excluding carboxylic acids is 1. The van der Waals surface area contributed by atoms with Crippen LogP contribution in [0.1, 0.15) is 5.56 Å². The minimum absolute atomic E-state index is 0. The molecule has 1 aromatic carbocycles. The lowest BCUT2D eigenvalue weighted by Gasteiger charge is -2.20. The first-order valence-electron chi connectivity index (χ1n) is 6.88. The van der Waals surface area contributed by atoms with Gasteiger partial charge in [-0.1, -0.05) is 12.1 Å². The molecule has 2 atom stereocenters. The molecule has 0 aromatic heterocycles. The molecule has 8 heteroatoms. The van der Waals surface area contributed by atoms with Crippen LogP contribution in [0.2, 0.25) is 0 Å². The summed E-state index contributed by atoms with van der Waals surface area (Å²) in [5.41, 5.74) is -1.01. The number of nitrogens with one attached hydrogen (secondary N) is 2. The minimum atomic E-state index is -4.48. The van der Waals surface area contributed by atoms with Gasteiger partial charge in [0.1, 0.15) is 0 Å². The van der Waals surface area contributed by atoms with Crippen molar-refractivity contribution in [1.82, 2.24) is 10.2 Å². The minimum Gasteiger partial charge on any atom is -0.324 e. The van der Waals surface area contributed by atoms with Gasteiger partial charge in [-0.3, -0.25) is 0 Å². The third-order valence-electron chi connectivity index (χ3n) is 4.15. The van der Waals surface area contributed by atoms with Gasteiger partial charge in [0.25, 0.3) is 0 Å². The number of amides is 2. The van der Waals surface area contributed by atoms with Crippen molar-refractivity contribution in [3.63, 3.8) is 0 Å². The Morgan fingerprint density at radius 1 is 1.18 bits per heavy atom. The second-order valence-corrected chi connectivity index (χ2v) is 5.56. The van der Waals surface area contributed by atoms with Crippen LogP contribution in [0, 0.1) is 11.8 Å². The molecule has 2 amide bonds. The zero-order chi connectivity index (χ0) is 15.0. The summed E-state index contributed by atoms with van der Waals surface area (Å²) in [6.07, 6.45) is -4.48. The number of urea groups is 1. The monoisotopic (exact) mass is 335 g/mol. The highest BCUT2D eigenvalue weighted by Gasteiger charge is 2.39. The molecule has 1 aromatic rings. The summed E-state index contributed by atoms with van der Waals surface area (Å²) >= 11 is 0. The van der Waals surface area contributed by atoms with Crippen molar-refractivity contribution in [2.24, 2.45) is 11.8 Å². The van der Waals surface area contributed by atoms with E-state index in [0.29, 0.717) is 24.9 Å². The second kappa shape index (κ2) is 6.34. The van der Waals surface area contributed by atoms with Crippen LogP contribution in [-0.2, 0) is 6.18 Å². The number of fused-ring (bicyclic) bond motifs is 1. The van der Waals surface area contributed by atoms with Gasteiger partial charge >= 0.3 is 12.2 Å². The summed E-state index contributed by atoms with van der Waals surface area (Å²) in [6.45, 7) is 2.93. The zero-order valence-electron chi connectivity index (χ0n) is 11.7. The number of rotatable bonds is 1. The number of alkyl halides is 3. The Balaban J connectivity index is 0.00000176. The molecule has 2 fully saturated rings. The molecule has 0 bridgehead atoms. The Morgan fingerprint density at radius 3 is 2.36 bits per heavy atom. The Morgan fingerprint density at radius 2 is 1.77 bits per heavy atom. The smallest absolute Gasteiger partial charge is 0.324 e. The van der Waals surface area contributed by atoms with Crippen molar-refractivity contribution in [2.75, 3.05) is 31.5 Å². The van der Waals surface area contributed by atoms with Crippen LogP contribution in [0.15, 0.2) is 24.3 Å². The highest BCUT2D eigenvalue weighted by molar-refractivity contribution is 5.90. The quantitative estimate of drug-likeness (QED) is 0.829. The molecule has 22 heavy (non-hydrogen) atoms. The van der Waals surface area contributed by atoms with Crippen LogP contribution in [-0.4, -0.2) is 37.1 Å². The van der Waals surface area contributed by atoms with Crippen molar-refractivity contribution in [1.29, 1.82) is 0 Å². The predicted octanol–water partition coefficient (Wildman–Crippen LogP) is 2.81. The number of halogens is 4. The van der Waals surface area contributed by atoms with E-state index in [2.05, 4.69) is 10.6 Å². The first-order chi connectivity index (χ1) is 9.95. The van der Waals surface area contributed by atoms with Gasteiger partial charge in [0.05, 0.1) is 11.3 Å². The number of anilines is 1. The Hall–Kier alpha value is -1.47. The Bertz CT molecular complexity index is 540. The highest BCUT2D eigenvalue weighted by atomic mass is 35.5. The lowest BCUT2D eigenvalue weighted by atomic mass is 10.0. The number of likely N-dealkylation sites (tertiary alicyclic amines) is 1. The fourth-order valence-electron chi connectivity index (χ4n) is 3.05. The van der Waals surface area contributed by atoms with Crippen LogP contribution in [0.4, 0.5) is 23.7 Å². The molecule has 0 spiro atoms. The molecule has 2 unspecified atom stereocenters. The number of hydrogen-bond donors (Lipinski definition) is 2. The van der Waals surface area contributed by atoms with E-state index in [-0.39, 0.29) is 18.1 Å². The SMILES string of the molecule is Cl.O=C(Nc1ccccc1C(F)(F)F)N1CC2CNCC2C1. The van der Waals surface area contributed by atoms with E-state index in [1.165, 1.54) is 18.2 Å². The molecule has 2 heterocycles. The van der Waals surface area contributed by atoms with Crippen LogP contribution in [0.3, 0.4) is 0 Å². The molecule has 0 saturated carbocycles. The van der Waals surface area contributed by atoms with Crippen molar-refractivity contribution < 1.29 is 18.0 Å². The second-order valence-electron chi connectivity index (χ2n) is 5.56. The van der Waals surface area contributed by atoms with Crippen molar-refractivity contribution in [2.45, 2.75) is 6.18 Å². The summed E-state index contributed by atoms with van der Waals surface area (Å²) in [5, 5.41) is 5.65. The average Bonchev–Trinajstić information content (AvgIpc) is 2.98. The molecular formula is C14H17ClF3N3O. The van der Waals surface area contributed by atoms with Crippen LogP contribution in [0.25, 0.3) is 0 Å². The Kier molecular flexibility index (Phi) is 4.87. The molecule has 2 saturated heterocycles. The van der Waals surface area contributed by atoms with Crippen LogP contribution < -0.4 is 10.6 Å². The van der Waals surface area contributed by atoms with Crippen molar-refractivity contribution >= 4 is 24.1 Å². The summed E-state index contributed by atoms with van der Waals surface area (Å²) in [6, 6.07) is 4.58. The number of nitrogens with zero attached hydrogens (tertiary/aromatic N) is 1. The molecule has 2 aliphatic rings. The largest absolute Gasteiger partial charge is 0.418 e. The van der Waals surface area contributed by atoms with Gasteiger partial charge in [-0.15, -0.1) is 12.4 Å². The van der Waals surface area contributed by atoms with E-state index in [0.717, 1.165) is 19.2 Å². The van der Waals surface area contributed by atoms with Gasteiger partial charge in [0.15, 0.2) is 0 Å². The standard InChI is InChI=1S/C14H16F3N3O.ClH/c15-14(16,17)11-3-1-2-4-12(11)19-13(21)20-7-9-5-18-6-10(9)8-20;/h1-4,9-10,18H,5-8H2,(H,19,21);1H. The van der Waals surface area contributed by atoms with E-state index in [1.54, 1.807) is 4.90 Å². The number of hydrogen-bond acceptors (Lipinski definition) is 2. The summed E-state index contributed by atoms with van der Waals surface area (Å²) < 4.78 is 38.7. The van der Waals surface area contributed by atoms with E-state index >= 15 is 0 Å². The Labute approximate surface area is 132 Å². The van der Waals surface area contributed by atoms with Gasteiger partial charge in [-0.25, -0.2) is 4.79 Å². The summed E-state index contributed by atoms with van der Waals surface area (Å²) in [4.78, 5) is 13.8. The van der Waals surface area contributed by atoms with E-state index in [1.807, 2.05) is 0 Å². The predicted molar refractivity (Wildman–Crippen MR) is 79.1 cm³/mol. The third-order valence-corrected chi connectivity index (χ3v) is 4.15. The molecule has 2 aliphatic heterocycles. The summed E-state index contributed by atoms with van der Waals surface area (Å²) in [7, 11) is 0. The van der Waals surface area contributed by atoms with Gasteiger partial charge in [-0.05, 0) is 24.0 Å². The van der Waals surface area contributed by atoms with E-state index < -0.39 is 17.8 Å². The van der Waals surface area contributed by atoms with Gasteiger partial charge < -0.3 is 15.5 Å². The van der Waals surface area contributed by atoms with Crippen molar-refractivity contribution in [3.8, 4) is 0 Å². The maximum Gasteiger partial charge on any atom is 0.418 e. The van der Waals surface area contributed by atoms with Crippen molar-refractivity contribution in [3.05, 3.63) is 29.8 Å². The fourth-order valence-corrected chi connectivity index (χ4v) is 3.05. The molecule has 4 nitrogen and oxygen atoms in total.